The van der Waals surface area contributed by atoms with Crippen LogP contribution in [-0.4, -0.2) is 35.9 Å². The molecule has 1 heterocycles. The van der Waals surface area contributed by atoms with Gasteiger partial charge in [-0.2, -0.15) is 0 Å². The number of methoxy groups -OCH3 is 1. The van der Waals surface area contributed by atoms with E-state index in [1.54, 1.807) is 48.5 Å². The molecule has 7 nitrogen and oxygen atoms in total. The minimum absolute atomic E-state index is 0.247. The van der Waals surface area contributed by atoms with Crippen molar-refractivity contribution >= 4 is 52.2 Å². The summed E-state index contributed by atoms with van der Waals surface area (Å²) in [4.78, 5) is 27.9. The highest BCUT2D eigenvalue weighted by atomic mass is 35.5. The lowest BCUT2D eigenvalue weighted by molar-refractivity contribution is -0.139. The number of hydrogen-bond acceptors (Lipinski definition) is 6. The van der Waals surface area contributed by atoms with Gasteiger partial charge in [0.25, 0.3) is 5.91 Å². The van der Waals surface area contributed by atoms with E-state index in [4.69, 9.17) is 26.2 Å². The molecule has 1 aliphatic heterocycles. The van der Waals surface area contributed by atoms with Crippen LogP contribution in [0.3, 0.4) is 0 Å². The summed E-state index contributed by atoms with van der Waals surface area (Å²) < 4.78 is 10.6. The number of amidine groups is 1. The number of carboxylic acids is 1. The van der Waals surface area contributed by atoms with Crippen molar-refractivity contribution in [2.75, 3.05) is 13.7 Å². The summed E-state index contributed by atoms with van der Waals surface area (Å²) in [5.41, 5.74) is 1.17. The number of ether oxygens (including phenoxy) is 2. The van der Waals surface area contributed by atoms with Gasteiger partial charge < -0.3 is 19.9 Å². The van der Waals surface area contributed by atoms with Crippen LogP contribution >= 0.6 is 23.4 Å². The van der Waals surface area contributed by atoms with E-state index in [0.29, 0.717) is 32.1 Å². The third-order valence-electron chi connectivity index (χ3n) is 3.56. The SMILES string of the molecule is COc1cccc(C=C2SC(=Nc3ccc(Cl)cc3)NC2=O)c1OCC(=O)O. The Kier molecular flexibility index (Phi) is 6.23. The zero-order valence-corrected chi connectivity index (χ0v) is 16.2. The topological polar surface area (TPSA) is 97.2 Å². The van der Waals surface area contributed by atoms with Crippen molar-refractivity contribution in [3.63, 3.8) is 0 Å². The highest BCUT2D eigenvalue weighted by Crippen LogP contribution is 2.35. The van der Waals surface area contributed by atoms with Crippen molar-refractivity contribution < 1.29 is 24.2 Å². The molecule has 0 spiro atoms. The number of benzene rings is 2. The summed E-state index contributed by atoms with van der Waals surface area (Å²) >= 11 is 7.02. The lowest BCUT2D eigenvalue weighted by Crippen LogP contribution is -2.19. The predicted molar refractivity (Wildman–Crippen MR) is 108 cm³/mol. The van der Waals surface area contributed by atoms with Gasteiger partial charge in [-0.05, 0) is 48.2 Å². The van der Waals surface area contributed by atoms with Gasteiger partial charge in [0.1, 0.15) is 0 Å². The Bertz CT molecular complexity index is 973. The normalized spacial score (nSPS) is 16.3. The molecule has 1 fully saturated rings. The lowest BCUT2D eigenvalue weighted by Gasteiger charge is -2.12. The Morgan fingerprint density at radius 1 is 1.29 bits per heavy atom. The first-order valence-electron chi connectivity index (χ1n) is 8.03. The standard InChI is InChI=1S/C19H15ClN2O5S/c1-26-14-4-2-3-11(17(14)27-10-16(23)24)9-15-18(25)22-19(28-15)21-13-7-5-12(20)6-8-13/h2-9H,10H2,1H3,(H,23,24)(H,21,22,25). The molecule has 3 rings (SSSR count). The van der Waals surface area contributed by atoms with E-state index in [1.165, 1.54) is 7.11 Å². The molecule has 0 aliphatic carbocycles. The number of nitrogens with zero attached hydrogens (tertiary/aromatic N) is 1. The maximum atomic E-state index is 12.3. The minimum Gasteiger partial charge on any atom is -0.493 e. The second-order valence-corrected chi connectivity index (χ2v) is 6.99. The van der Waals surface area contributed by atoms with Crippen LogP contribution in [0.5, 0.6) is 11.5 Å². The number of nitrogens with one attached hydrogen (secondary N) is 1. The van der Waals surface area contributed by atoms with E-state index < -0.39 is 12.6 Å². The number of halogens is 1. The maximum Gasteiger partial charge on any atom is 0.341 e. The van der Waals surface area contributed by atoms with E-state index in [-0.39, 0.29) is 11.7 Å². The first kappa shape index (κ1) is 19.8. The minimum atomic E-state index is -1.12. The number of carbonyl (C=O) groups is 2. The Morgan fingerprint density at radius 3 is 2.71 bits per heavy atom. The summed E-state index contributed by atoms with van der Waals surface area (Å²) in [6, 6.07) is 12.0. The van der Waals surface area contributed by atoms with E-state index >= 15 is 0 Å². The second kappa shape index (κ2) is 8.81. The number of thioether (sulfide) groups is 1. The monoisotopic (exact) mass is 418 g/mol. The Morgan fingerprint density at radius 2 is 2.04 bits per heavy atom. The molecule has 2 aromatic rings. The average Bonchev–Trinajstić information content (AvgIpc) is 3.01. The number of para-hydroxylation sites is 1. The van der Waals surface area contributed by atoms with Gasteiger partial charge in [-0.15, -0.1) is 0 Å². The van der Waals surface area contributed by atoms with Crippen molar-refractivity contribution in [3.8, 4) is 11.5 Å². The lowest BCUT2D eigenvalue weighted by atomic mass is 10.1. The van der Waals surface area contributed by atoms with Crippen molar-refractivity contribution in [1.82, 2.24) is 5.32 Å². The van der Waals surface area contributed by atoms with Crippen LogP contribution in [0.4, 0.5) is 5.69 Å². The van der Waals surface area contributed by atoms with Crippen LogP contribution in [0.15, 0.2) is 52.4 Å². The summed E-state index contributed by atoms with van der Waals surface area (Å²) in [6.45, 7) is -0.529. The molecule has 2 aromatic carbocycles. The molecule has 0 saturated carbocycles. The van der Waals surface area contributed by atoms with E-state index in [0.717, 1.165) is 11.8 Å². The second-order valence-electron chi connectivity index (χ2n) is 5.52. The molecule has 1 saturated heterocycles. The third-order valence-corrected chi connectivity index (χ3v) is 4.73. The number of hydrogen-bond donors (Lipinski definition) is 2. The Hall–Kier alpha value is -2.97. The number of carbonyl (C=O) groups excluding carboxylic acids is 1. The molecular formula is C19H15ClN2O5S. The molecule has 28 heavy (non-hydrogen) atoms. The maximum absolute atomic E-state index is 12.3. The zero-order chi connectivity index (χ0) is 20.1. The average molecular weight is 419 g/mol. The van der Waals surface area contributed by atoms with Gasteiger partial charge in [-0.1, -0.05) is 23.7 Å². The fourth-order valence-electron chi connectivity index (χ4n) is 2.35. The van der Waals surface area contributed by atoms with Crippen LogP contribution in [0, 0.1) is 0 Å². The van der Waals surface area contributed by atoms with Gasteiger partial charge in [-0.3, -0.25) is 4.79 Å². The highest BCUT2D eigenvalue weighted by molar-refractivity contribution is 8.18. The van der Waals surface area contributed by atoms with Crippen LogP contribution < -0.4 is 14.8 Å². The number of rotatable bonds is 6. The molecule has 1 aliphatic rings. The molecule has 2 N–H and O–H groups in total. The molecule has 0 bridgehead atoms. The van der Waals surface area contributed by atoms with Crippen molar-refractivity contribution in [1.29, 1.82) is 0 Å². The van der Waals surface area contributed by atoms with Crippen LogP contribution in [0.2, 0.25) is 5.02 Å². The molecule has 0 aromatic heterocycles. The largest absolute Gasteiger partial charge is 0.493 e. The highest BCUT2D eigenvalue weighted by Gasteiger charge is 2.25. The summed E-state index contributed by atoms with van der Waals surface area (Å²) in [5.74, 6) is -0.815. The Balaban J connectivity index is 1.88. The summed E-state index contributed by atoms with van der Waals surface area (Å²) in [7, 11) is 1.45. The quantitative estimate of drug-likeness (QED) is 0.694. The van der Waals surface area contributed by atoms with Crippen molar-refractivity contribution in [2.24, 2.45) is 4.99 Å². The van der Waals surface area contributed by atoms with Crippen molar-refractivity contribution in [3.05, 3.63) is 58.0 Å². The van der Waals surface area contributed by atoms with E-state index in [2.05, 4.69) is 10.3 Å². The number of aliphatic imine (C=N–C) groups is 1. The summed E-state index contributed by atoms with van der Waals surface area (Å²) in [5, 5.41) is 12.6. The fourth-order valence-corrected chi connectivity index (χ4v) is 3.31. The molecule has 0 radical (unpaired) electrons. The first-order chi connectivity index (χ1) is 13.5. The van der Waals surface area contributed by atoms with Gasteiger partial charge in [0.05, 0.1) is 17.7 Å². The Labute approximate surface area is 170 Å². The smallest absolute Gasteiger partial charge is 0.341 e. The van der Waals surface area contributed by atoms with E-state index in [9.17, 15) is 9.59 Å². The summed E-state index contributed by atoms with van der Waals surface area (Å²) in [6.07, 6.45) is 1.60. The van der Waals surface area contributed by atoms with Gasteiger partial charge in [0.15, 0.2) is 23.3 Å². The molecule has 0 atom stereocenters. The molecule has 1 amide bonds. The van der Waals surface area contributed by atoms with Gasteiger partial charge in [0, 0.05) is 10.6 Å². The molecule has 9 heteroatoms. The van der Waals surface area contributed by atoms with Gasteiger partial charge in [-0.25, -0.2) is 9.79 Å². The zero-order valence-electron chi connectivity index (χ0n) is 14.6. The fraction of sp³-hybridized carbons (Fsp3) is 0.105. The van der Waals surface area contributed by atoms with Crippen LogP contribution in [-0.2, 0) is 9.59 Å². The number of amides is 1. The molecule has 0 unspecified atom stereocenters. The van der Waals surface area contributed by atoms with E-state index in [1.807, 2.05) is 0 Å². The third kappa shape index (κ3) is 4.85. The number of aliphatic carboxylic acids is 1. The van der Waals surface area contributed by atoms with Crippen LogP contribution in [0.25, 0.3) is 6.08 Å². The van der Waals surface area contributed by atoms with Gasteiger partial charge in [0.2, 0.25) is 0 Å². The molecular weight excluding hydrogens is 404 g/mol. The molecule has 144 valence electrons. The van der Waals surface area contributed by atoms with Gasteiger partial charge >= 0.3 is 5.97 Å². The van der Waals surface area contributed by atoms with Crippen molar-refractivity contribution in [2.45, 2.75) is 0 Å². The predicted octanol–water partition coefficient (Wildman–Crippen LogP) is 3.70. The van der Waals surface area contributed by atoms with Crippen LogP contribution in [0.1, 0.15) is 5.56 Å². The number of carboxylic acid groups (broad SMARTS) is 1. The first-order valence-corrected chi connectivity index (χ1v) is 9.22.